The summed E-state index contributed by atoms with van der Waals surface area (Å²) in [5.74, 6) is 0. The zero-order valence-electron chi connectivity index (χ0n) is 11.8. The highest BCUT2D eigenvalue weighted by atomic mass is 16.5. The van der Waals surface area contributed by atoms with Gasteiger partial charge in [0.2, 0.25) is 0 Å². The van der Waals surface area contributed by atoms with E-state index in [1.54, 1.807) is 7.11 Å². The fraction of sp³-hybridized carbons (Fsp3) is 0.400. The van der Waals surface area contributed by atoms with Gasteiger partial charge in [0.1, 0.15) is 0 Å². The lowest BCUT2D eigenvalue weighted by Gasteiger charge is -2.09. The highest BCUT2D eigenvalue weighted by molar-refractivity contribution is 5.41. The van der Waals surface area contributed by atoms with Crippen LogP contribution in [0.15, 0.2) is 30.6 Å². The maximum Gasteiger partial charge on any atom is 0.0729 e. The Morgan fingerprint density at radius 1 is 1.32 bits per heavy atom. The summed E-state index contributed by atoms with van der Waals surface area (Å²) in [5, 5.41) is 7.68. The molecule has 0 saturated carbocycles. The topological polar surface area (TPSA) is 39.1 Å². The summed E-state index contributed by atoms with van der Waals surface area (Å²) in [6.45, 7) is 6.58. The van der Waals surface area contributed by atoms with Crippen LogP contribution in [-0.4, -0.2) is 23.5 Å². The van der Waals surface area contributed by atoms with Gasteiger partial charge in [-0.05, 0) is 30.5 Å². The maximum atomic E-state index is 5.03. The third kappa shape index (κ3) is 3.58. The molecular weight excluding hydrogens is 238 g/mol. The van der Waals surface area contributed by atoms with Gasteiger partial charge in [0.15, 0.2) is 0 Å². The largest absolute Gasteiger partial charge is 0.383 e. The minimum absolute atomic E-state index is 0.679. The first-order valence-electron chi connectivity index (χ1n) is 6.51. The normalized spacial score (nSPS) is 10.7. The molecule has 0 aliphatic rings. The van der Waals surface area contributed by atoms with Crippen molar-refractivity contribution in [3.63, 3.8) is 0 Å². The number of aromatic nitrogens is 2. The maximum absolute atomic E-state index is 5.03. The molecule has 0 spiro atoms. The summed E-state index contributed by atoms with van der Waals surface area (Å²) in [4.78, 5) is 0. The Hall–Kier alpha value is -1.81. The number of ether oxygens (including phenoxy) is 1. The van der Waals surface area contributed by atoms with Crippen LogP contribution in [0.1, 0.15) is 16.7 Å². The first kappa shape index (κ1) is 13.6. The molecule has 1 aromatic carbocycles. The summed E-state index contributed by atoms with van der Waals surface area (Å²) in [6, 6.07) is 6.40. The molecule has 0 bridgehead atoms. The van der Waals surface area contributed by atoms with Gasteiger partial charge in [-0.3, -0.25) is 4.68 Å². The second kappa shape index (κ2) is 6.38. The summed E-state index contributed by atoms with van der Waals surface area (Å²) in [5.41, 5.74) is 5.04. The van der Waals surface area contributed by atoms with Gasteiger partial charge in [0, 0.05) is 19.9 Å². The molecule has 4 heteroatoms. The third-order valence-electron chi connectivity index (χ3n) is 3.36. The van der Waals surface area contributed by atoms with Crippen LogP contribution in [-0.2, 0) is 17.8 Å². The quantitative estimate of drug-likeness (QED) is 0.867. The molecule has 0 atom stereocenters. The van der Waals surface area contributed by atoms with Crippen LogP contribution in [0.3, 0.4) is 0 Å². The highest BCUT2D eigenvalue weighted by Crippen LogP contribution is 2.14. The van der Waals surface area contributed by atoms with Crippen molar-refractivity contribution in [2.24, 2.45) is 0 Å². The molecule has 102 valence electrons. The molecule has 0 saturated heterocycles. The van der Waals surface area contributed by atoms with Gasteiger partial charge in [-0.1, -0.05) is 18.2 Å². The molecule has 19 heavy (non-hydrogen) atoms. The molecule has 0 aliphatic carbocycles. The lowest BCUT2D eigenvalue weighted by atomic mass is 10.0. The average Bonchev–Trinajstić information content (AvgIpc) is 2.86. The predicted octanol–water partition coefficient (Wildman–Crippen LogP) is 2.76. The van der Waals surface area contributed by atoms with Crippen molar-refractivity contribution in [3.8, 4) is 0 Å². The van der Waals surface area contributed by atoms with E-state index in [0.29, 0.717) is 6.61 Å². The van der Waals surface area contributed by atoms with Crippen molar-refractivity contribution >= 4 is 5.69 Å². The van der Waals surface area contributed by atoms with Gasteiger partial charge in [-0.25, -0.2) is 0 Å². The number of methoxy groups -OCH3 is 1. The Morgan fingerprint density at radius 3 is 2.95 bits per heavy atom. The van der Waals surface area contributed by atoms with E-state index in [2.05, 4.69) is 42.5 Å². The van der Waals surface area contributed by atoms with Crippen molar-refractivity contribution < 1.29 is 4.74 Å². The lowest BCUT2D eigenvalue weighted by Crippen LogP contribution is -2.04. The minimum atomic E-state index is 0.679. The average molecular weight is 259 g/mol. The number of hydrogen-bond acceptors (Lipinski definition) is 3. The third-order valence-corrected chi connectivity index (χ3v) is 3.36. The van der Waals surface area contributed by atoms with Crippen LogP contribution in [0.4, 0.5) is 5.69 Å². The summed E-state index contributed by atoms with van der Waals surface area (Å²) < 4.78 is 6.92. The Balaban J connectivity index is 1.95. The zero-order valence-corrected chi connectivity index (χ0v) is 11.8. The predicted molar refractivity (Wildman–Crippen MR) is 77.3 cm³/mol. The van der Waals surface area contributed by atoms with E-state index in [1.807, 2.05) is 17.1 Å². The van der Waals surface area contributed by atoms with E-state index in [-0.39, 0.29) is 0 Å². The van der Waals surface area contributed by atoms with E-state index in [0.717, 1.165) is 18.8 Å². The molecule has 2 rings (SSSR count). The van der Waals surface area contributed by atoms with E-state index < -0.39 is 0 Å². The Morgan fingerprint density at radius 2 is 2.16 bits per heavy atom. The number of nitrogens with one attached hydrogen (secondary N) is 1. The van der Waals surface area contributed by atoms with Crippen LogP contribution in [0.2, 0.25) is 0 Å². The van der Waals surface area contributed by atoms with E-state index >= 15 is 0 Å². The number of aryl methyl sites for hydroxylation is 1. The summed E-state index contributed by atoms with van der Waals surface area (Å²) >= 11 is 0. The van der Waals surface area contributed by atoms with Crippen molar-refractivity contribution in [1.29, 1.82) is 0 Å². The smallest absolute Gasteiger partial charge is 0.0729 e. The Bertz CT molecular complexity index is 534. The second-order valence-electron chi connectivity index (χ2n) is 4.70. The second-order valence-corrected chi connectivity index (χ2v) is 4.70. The van der Waals surface area contributed by atoms with Gasteiger partial charge < -0.3 is 10.1 Å². The van der Waals surface area contributed by atoms with Crippen LogP contribution >= 0.6 is 0 Å². The summed E-state index contributed by atoms with van der Waals surface area (Å²) in [7, 11) is 1.70. The Labute approximate surface area is 114 Å². The lowest BCUT2D eigenvalue weighted by molar-refractivity contribution is 0.183. The fourth-order valence-corrected chi connectivity index (χ4v) is 1.96. The fourth-order valence-electron chi connectivity index (χ4n) is 1.96. The van der Waals surface area contributed by atoms with E-state index in [9.17, 15) is 0 Å². The van der Waals surface area contributed by atoms with Gasteiger partial charge in [0.25, 0.3) is 0 Å². The van der Waals surface area contributed by atoms with Crippen molar-refractivity contribution in [2.45, 2.75) is 26.9 Å². The summed E-state index contributed by atoms with van der Waals surface area (Å²) in [6.07, 6.45) is 3.85. The zero-order chi connectivity index (χ0) is 13.7. The van der Waals surface area contributed by atoms with Crippen molar-refractivity contribution in [1.82, 2.24) is 9.78 Å². The molecule has 4 nitrogen and oxygen atoms in total. The van der Waals surface area contributed by atoms with Gasteiger partial charge in [-0.2, -0.15) is 5.10 Å². The molecule has 2 aromatic rings. The monoisotopic (exact) mass is 259 g/mol. The van der Waals surface area contributed by atoms with Gasteiger partial charge in [0.05, 0.1) is 25.0 Å². The SMILES string of the molecule is COCCn1cc(NCc2cccc(C)c2C)cn1. The number of benzene rings is 1. The van der Waals surface area contributed by atoms with Crippen molar-refractivity contribution in [3.05, 3.63) is 47.3 Å². The molecule has 0 aliphatic heterocycles. The first-order valence-corrected chi connectivity index (χ1v) is 6.51. The molecular formula is C15H21N3O. The Kier molecular flexibility index (Phi) is 4.58. The first-order chi connectivity index (χ1) is 9.20. The van der Waals surface area contributed by atoms with Gasteiger partial charge >= 0.3 is 0 Å². The minimum Gasteiger partial charge on any atom is -0.383 e. The van der Waals surface area contributed by atoms with Crippen LogP contribution in [0.25, 0.3) is 0 Å². The highest BCUT2D eigenvalue weighted by Gasteiger charge is 2.02. The van der Waals surface area contributed by atoms with E-state index in [1.165, 1.54) is 16.7 Å². The number of nitrogens with zero attached hydrogens (tertiary/aromatic N) is 2. The van der Waals surface area contributed by atoms with E-state index in [4.69, 9.17) is 4.74 Å². The molecule has 0 fully saturated rings. The molecule has 0 unspecified atom stereocenters. The van der Waals surface area contributed by atoms with Crippen LogP contribution < -0.4 is 5.32 Å². The molecule has 1 heterocycles. The number of rotatable bonds is 6. The van der Waals surface area contributed by atoms with Crippen LogP contribution in [0.5, 0.6) is 0 Å². The molecule has 1 aromatic heterocycles. The molecule has 0 radical (unpaired) electrons. The van der Waals surface area contributed by atoms with Crippen molar-refractivity contribution in [2.75, 3.05) is 19.0 Å². The number of anilines is 1. The van der Waals surface area contributed by atoms with Gasteiger partial charge in [-0.15, -0.1) is 0 Å². The number of hydrogen-bond donors (Lipinski definition) is 1. The molecule has 1 N–H and O–H groups in total. The molecule has 0 amide bonds. The van der Waals surface area contributed by atoms with Crippen LogP contribution in [0, 0.1) is 13.8 Å². The standard InChI is InChI=1S/C15H21N3O/c1-12-5-4-6-14(13(12)2)9-16-15-10-17-18(11-15)7-8-19-3/h4-6,10-11,16H,7-9H2,1-3H3.